The van der Waals surface area contributed by atoms with Gasteiger partial charge in [0.2, 0.25) is 10.0 Å². The van der Waals surface area contributed by atoms with Gasteiger partial charge in [-0.15, -0.1) is 11.3 Å². The zero-order valence-corrected chi connectivity index (χ0v) is 14.2. The van der Waals surface area contributed by atoms with Gasteiger partial charge in [-0.3, -0.25) is 4.98 Å². The number of aromatic nitrogens is 1. The number of pyridine rings is 1. The molecule has 2 aromatic heterocycles. The number of anilines is 1. The number of benzene rings is 1. The Morgan fingerprint density at radius 1 is 1.13 bits per heavy atom. The second-order valence-electron chi connectivity index (χ2n) is 5.08. The molecule has 0 radical (unpaired) electrons. The van der Waals surface area contributed by atoms with E-state index in [2.05, 4.69) is 15.0 Å². The van der Waals surface area contributed by atoms with Crippen LogP contribution < -0.4 is 10.0 Å². The quantitative estimate of drug-likeness (QED) is 0.673. The van der Waals surface area contributed by atoms with Gasteiger partial charge in [-0.2, -0.15) is 0 Å². The molecule has 0 aliphatic carbocycles. The van der Waals surface area contributed by atoms with Crippen molar-refractivity contribution < 1.29 is 8.42 Å². The number of hydrogen-bond acceptors (Lipinski definition) is 5. The van der Waals surface area contributed by atoms with Crippen LogP contribution in [0.5, 0.6) is 0 Å². The summed E-state index contributed by atoms with van der Waals surface area (Å²) in [6.45, 7) is 2.76. The van der Waals surface area contributed by atoms with Crippen molar-refractivity contribution in [3.05, 3.63) is 53.5 Å². The molecule has 1 aromatic carbocycles. The molecule has 0 aliphatic heterocycles. The highest BCUT2D eigenvalue weighted by Crippen LogP contribution is 2.22. The van der Waals surface area contributed by atoms with Crippen LogP contribution in [0, 0.1) is 6.92 Å². The molecule has 0 spiro atoms. The summed E-state index contributed by atoms with van der Waals surface area (Å²) in [6, 6.07) is 13.2. The monoisotopic (exact) mass is 347 g/mol. The van der Waals surface area contributed by atoms with Crippen molar-refractivity contribution in [3.63, 3.8) is 0 Å². The van der Waals surface area contributed by atoms with E-state index < -0.39 is 10.0 Å². The zero-order valence-electron chi connectivity index (χ0n) is 12.6. The van der Waals surface area contributed by atoms with Crippen LogP contribution in [-0.4, -0.2) is 26.5 Å². The number of thiophene rings is 1. The van der Waals surface area contributed by atoms with E-state index in [0.29, 0.717) is 17.3 Å². The first-order chi connectivity index (χ1) is 11.1. The number of para-hydroxylation sites is 1. The van der Waals surface area contributed by atoms with Gasteiger partial charge in [-0.25, -0.2) is 13.1 Å². The van der Waals surface area contributed by atoms with Crippen molar-refractivity contribution in [2.75, 3.05) is 18.4 Å². The largest absolute Gasteiger partial charge is 0.383 e. The average molecular weight is 347 g/mol. The first-order valence-corrected chi connectivity index (χ1v) is 9.56. The van der Waals surface area contributed by atoms with Crippen LogP contribution in [0.25, 0.3) is 10.9 Å². The summed E-state index contributed by atoms with van der Waals surface area (Å²) < 4.78 is 27.0. The topological polar surface area (TPSA) is 71.1 Å². The SMILES string of the molecule is Cc1cc(NCCNS(=O)(=O)c2cccs2)c2ccccc2n1. The van der Waals surface area contributed by atoms with Crippen molar-refractivity contribution in [3.8, 4) is 0 Å². The minimum atomic E-state index is -3.41. The molecule has 120 valence electrons. The van der Waals surface area contributed by atoms with Crippen LogP contribution in [-0.2, 0) is 10.0 Å². The number of sulfonamides is 1. The Kier molecular flexibility index (Phi) is 4.61. The van der Waals surface area contributed by atoms with E-state index in [1.165, 1.54) is 11.3 Å². The molecule has 7 heteroatoms. The van der Waals surface area contributed by atoms with Crippen molar-refractivity contribution in [1.82, 2.24) is 9.71 Å². The summed E-state index contributed by atoms with van der Waals surface area (Å²) >= 11 is 1.21. The van der Waals surface area contributed by atoms with Gasteiger partial charge in [0, 0.05) is 29.9 Å². The third-order valence-electron chi connectivity index (χ3n) is 3.34. The van der Waals surface area contributed by atoms with Gasteiger partial charge in [0.1, 0.15) is 4.21 Å². The number of fused-ring (bicyclic) bond motifs is 1. The van der Waals surface area contributed by atoms with Crippen molar-refractivity contribution in [2.45, 2.75) is 11.1 Å². The molecule has 3 aromatic rings. The van der Waals surface area contributed by atoms with Crippen molar-refractivity contribution in [2.24, 2.45) is 0 Å². The third-order valence-corrected chi connectivity index (χ3v) is 6.20. The summed E-state index contributed by atoms with van der Waals surface area (Å²) in [5, 5.41) is 6.06. The van der Waals surface area contributed by atoms with E-state index in [1.807, 2.05) is 37.3 Å². The molecule has 0 atom stereocenters. The van der Waals surface area contributed by atoms with Crippen LogP contribution in [0.4, 0.5) is 5.69 Å². The highest BCUT2D eigenvalue weighted by molar-refractivity contribution is 7.91. The smallest absolute Gasteiger partial charge is 0.250 e. The summed E-state index contributed by atoms with van der Waals surface area (Å²) in [5.41, 5.74) is 2.81. The van der Waals surface area contributed by atoms with E-state index in [0.717, 1.165) is 22.3 Å². The Bertz CT molecular complexity index is 906. The molecule has 5 nitrogen and oxygen atoms in total. The number of nitrogens with one attached hydrogen (secondary N) is 2. The van der Waals surface area contributed by atoms with Crippen LogP contribution in [0.3, 0.4) is 0 Å². The Balaban J connectivity index is 1.66. The van der Waals surface area contributed by atoms with Crippen LogP contribution in [0.15, 0.2) is 52.1 Å². The van der Waals surface area contributed by atoms with E-state index in [1.54, 1.807) is 17.5 Å². The lowest BCUT2D eigenvalue weighted by Gasteiger charge is -2.11. The van der Waals surface area contributed by atoms with Crippen LogP contribution in [0.1, 0.15) is 5.69 Å². The van der Waals surface area contributed by atoms with Gasteiger partial charge < -0.3 is 5.32 Å². The molecule has 3 rings (SSSR count). The van der Waals surface area contributed by atoms with Crippen molar-refractivity contribution in [1.29, 1.82) is 0 Å². The summed E-state index contributed by atoms with van der Waals surface area (Å²) in [5.74, 6) is 0. The maximum absolute atomic E-state index is 12.0. The summed E-state index contributed by atoms with van der Waals surface area (Å²) in [6.07, 6.45) is 0. The normalized spacial score (nSPS) is 11.7. The number of hydrogen-bond donors (Lipinski definition) is 2. The Hall–Kier alpha value is -1.96. The van der Waals surface area contributed by atoms with E-state index >= 15 is 0 Å². The summed E-state index contributed by atoms with van der Waals surface area (Å²) in [7, 11) is -3.41. The number of aryl methyl sites for hydroxylation is 1. The first kappa shape index (κ1) is 15.9. The molecule has 23 heavy (non-hydrogen) atoms. The lowest BCUT2D eigenvalue weighted by atomic mass is 10.1. The van der Waals surface area contributed by atoms with Gasteiger partial charge in [0.25, 0.3) is 0 Å². The molecule has 2 heterocycles. The Morgan fingerprint density at radius 3 is 2.74 bits per heavy atom. The predicted molar refractivity (Wildman–Crippen MR) is 94.5 cm³/mol. The average Bonchev–Trinajstić information content (AvgIpc) is 3.06. The lowest BCUT2D eigenvalue weighted by Crippen LogP contribution is -2.28. The zero-order chi connectivity index (χ0) is 16.3. The molecular formula is C16H17N3O2S2. The standard InChI is InChI=1S/C16H17N3O2S2/c1-12-11-15(13-5-2-3-6-14(13)19-12)17-8-9-18-23(20,21)16-7-4-10-22-16/h2-7,10-11,18H,8-9H2,1H3,(H,17,19). The molecule has 0 amide bonds. The highest BCUT2D eigenvalue weighted by atomic mass is 32.2. The van der Waals surface area contributed by atoms with Crippen LogP contribution >= 0.6 is 11.3 Å². The second-order valence-corrected chi connectivity index (χ2v) is 8.03. The van der Waals surface area contributed by atoms with Gasteiger partial charge in [0.05, 0.1) is 5.52 Å². The van der Waals surface area contributed by atoms with Crippen molar-refractivity contribution >= 4 is 38.0 Å². The number of rotatable bonds is 6. The fourth-order valence-electron chi connectivity index (χ4n) is 2.32. The van der Waals surface area contributed by atoms with E-state index in [4.69, 9.17) is 0 Å². The Labute approximate surface area is 139 Å². The Morgan fingerprint density at radius 2 is 1.96 bits per heavy atom. The molecule has 0 bridgehead atoms. The molecule has 0 unspecified atom stereocenters. The molecule has 2 N–H and O–H groups in total. The molecule has 0 fully saturated rings. The highest BCUT2D eigenvalue weighted by Gasteiger charge is 2.13. The predicted octanol–water partition coefficient (Wildman–Crippen LogP) is 3.00. The molecule has 0 aliphatic rings. The maximum Gasteiger partial charge on any atom is 0.250 e. The minimum Gasteiger partial charge on any atom is -0.383 e. The second kappa shape index (κ2) is 6.66. The van der Waals surface area contributed by atoms with Gasteiger partial charge >= 0.3 is 0 Å². The van der Waals surface area contributed by atoms with Gasteiger partial charge in [-0.1, -0.05) is 24.3 Å². The fraction of sp³-hybridized carbons (Fsp3) is 0.188. The fourth-order valence-corrected chi connectivity index (χ4v) is 4.39. The first-order valence-electron chi connectivity index (χ1n) is 7.20. The maximum atomic E-state index is 12.0. The van der Waals surface area contributed by atoms with Crippen LogP contribution in [0.2, 0.25) is 0 Å². The third kappa shape index (κ3) is 3.69. The number of nitrogens with zero attached hydrogens (tertiary/aromatic N) is 1. The minimum absolute atomic E-state index is 0.315. The van der Waals surface area contributed by atoms with E-state index in [9.17, 15) is 8.42 Å². The molecular weight excluding hydrogens is 330 g/mol. The summed E-state index contributed by atoms with van der Waals surface area (Å²) in [4.78, 5) is 4.49. The molecule has 0 saturated carbocycles. The lowest BCUT2D eigenvalue weighted by molar-refractivity contribution is 0.585. The van der Waals surface area contributed by atoms with Gasteiger partial charge in [0.15, 0.2) is 0 Å². The van der Waals surface area contributed by atoms with E-state index in [-0.39, 0.29) is 0 Å². The van der Waals surface area contributed by atoms with Gasteiger partial charge in [-0.05, 0) is 30.5 Å². The molecule has 0 saturated heterocycles.